The lowest BCUT2D eigenvalue weighted by Gasteiger charge is -2.10. The Balaban J connectivity index is 2.13. The molecular weight excluding hydrogens is 341 g/mol. The van der Waals surface area contributed by atoms with Gasteiger partial charge in [-0.15, -0.1) is 0 Å². The number of hydrogen-bond donors (Lipinski definition) is 2. The van der Waals surface area contributed by atoms with Crippen molar-refractivity contribution in [2.24, 2.45) is 0 Å². The van der Waals surface area contributed by atoms with Crippen molar-refractivity contribution in [1.82, 2.24) is 4.98 Å². The monoisotopic (exact) mass is 355 g/mol. The summed E-state index contributed by atoms with van der Waals surface area (Å²) in [7, 11) is 1.13. The fraction of sp³-hybridized carbons (Fsp3) is 0.105. The average molecular weight is 355 g/mol. The van der Waals surface area contributed by atoms with Gasteiger partial charge in [0.15, 0.2) is 5.75 Å². The summed E-state index contributed by atoms with van der Waals surface area (Å²) in [6.45, 7) is 0. The molecule has 0 aliphatic carbocycles. The molecule has 26 heavy (non-hydrogen) atoms. The minimum Gasteiger partial charge on any atom is -0.505 e. The Hall–Kier alpha value is -3.48. The van der Waals surface area contributed by atoms with Crippen LogP contribution in [0.1, 0.15) is 31.8 Å². The zero-order valence-electron chi connectivity index (χ0n) is 13.7. The van der Waals surface area contributed by atoms with Crippen molar-refractivity contribution in [3.63, 3.8) is 0 Å². The quantitative estimate of drug-likeness (QED) is 0.698. The molecule has 0 saturated heterocycles. The number of nitrogens with zero attached hydrogens (tertiary/aromatic N) is 1. The summed E-state index contributed by atoms with van der Waals surface area (Å²) in [5, 5.41) is 19.9. The zero-order chi connectivity index (χ0) is 18.8. The van der Waals surface area contributed by atoms with Crippen molar-refractivity contribution >= 4 is 22.8 Å². The maximum atomic E-state index is 13.0. The number of carbonyl (C=O) groups excluding carboxylic acids is 1. The van der Waals surface area contributed by atoms with Gasteiger partial charge in [-0.05, 0) is 41.8 Å². The number of aromatic hydroxyl groups is 1. The summed E-state index contributed by atoms with van der Waals surface area (Å²) >= 11 is 0. The van der Waals surface area contributed by atoms with E-state index in [4.69, 9.17) is 0 Å². The summed E-state index contributed by atoms with van der Waals surface area (Å²) in [6, 6.07) is 8.55. The van der Waals surface area contributed by atoms with Crippen LogP contribution in [0, 0.1) is 5.82 Å². The molecule has 0 fully saturated rings. The molecule has 0 bridgehead atoms. The second-order valence-electron chi connectivity index (χ2n) is 5.66. The van der Waals surface area contributed by atoms with Crippen molar-refractivity contribution in [2.75, 3.05) is 7.11 Å². The number of aromatic carboxylic acids is 1. The molecular formula is C19H14FNO5. The first kappa shape index (κ1) is 17.3. The molecule has 7 heteroatoms. The molecule has 1 heterocycles. The van der Waals surface area contributed by atoms with Crippen LogP contribution in [-0.4, -0.2) is 34.2 Å². The van der Waals surface area contributed by atoms with E-state index in [9.17, 15) is 24.2 Å². The number of fused-ring (bicyclic) bond motifs is 1. The third-order valence-corrected chi connectivity index (χ3v) is 3.96. The molecule has 0 amide bonds. The molecule has 132 valence electrons. The molecule has 1 aromatic heterocycles. The predicted molar refractivity (Wildman–Crippen MR) is 90.9 cm³/mol. The molecule has 6 nitrogen and oxygen atoms in total. The maximum absolute atomic E-state index is 13.0. The molecule has 2 N–H and O–H groups in total. The highest BCUT2D eigenvalue weighted by Crippen LogP contribution is 2.32. The standard InChI is InChI=1S/C19H14FNO5/c1-26-19(25)15-8-14(18(23)24)13-7-11(9-21-16(13)17(15)22)6-10-2-4-12(20)5-3-10/h2-5,7-9,22H,6H2,1H3,(H,23,24). The van der Waals surface area contributed by atoms with Crippen molar-refractivity contribution in [1.29, 1.82) is 0 Å². The summed E-state index contributed by atoms with van der Waals surface area (Å²) in [6.07, 6.45) is 1.87. The van der Waals surface area contributed by atoms with Crippen LogP contribution in [0.25, 0.3) is 10.9 Å². The van der Waals surface area contributed by atoms with E-state index in [0.717, 1.165) is 18.7 Å². The van der Waals surface area contributed by atoms with E-state index in [2.05, 4.69) is 9.72 Å². The number of halogens is 1. The number of rotatable bonds is 4. The highest BCUT2D eigenvalue weighted by Gasteiger charge is 2.21. The number of hydrogen-bond acceptors (Lipinski definition) is 5. The van der Waals surface area contributed by atoms with Gasteiger partial charge >= 0.3 is 11.9 Å². The normalized spacial score (nSPS) is 10.7. The number of carboxylic acids is 1. The topological polar surface area (TPSA) is 96.7 Å². The van der Waals surface area contributed by atoms with E-state index in [1.807, 2.05) is 0 Å². The maximum Gasteiger partial charge on any atom is 0.341 e. The van der Waals surface area contributed by atoms with Crippen molar-refractivity contribution < 1.29 is 28.9 Å². The molecule has 0 atom stereocenters. The number of phenolic OH excluding ortho intramolecular Hbond substituents is 1. The second-order valence-corrected chi connectivity index (χ2v) is 5.66. The smallest absolute Gasteiger partial charge is 0.341 e. The van der Waals surface area contributed by atoms with Crippen LogP contribution in [0.4, 0.5) is 4.39 Å². The lowest BCUT2D eigenvalue weighted by Crippen LogP contribution is -2.07. The second kappa shape index (κ2) is 6.79. The SMILES string of the molecule is COC(=O)c1cc(C(=O)O)c2cc(Cc3ccc(F)cc3)cnc2c1O. The van der Waals surface area contributed by atoms with E-state index in [1.165, 1.54) is 18.3 Å². The lowest BCUT2D eigenvalue weighted by atomic mass is 9.99. The average Bonchev–Trinajstić information content (AvgIpc) is 2.63. The third-order valence-electron chi connectivity index (χ3n) is 3.96. The van der Waals surface area contributed by atoms with Gasteiger partial charge in [-0.2, -0.15) is 0 Å². The highest BCUT2D eigenvalue weighted by molar-refractivity contribution is 6.09. The number of phenols is 1. The molecule has 3 rings (SSSR count). The summed E-state index contributed by atoms with van der Waals surface area (Å²) < 4.78 is 17.6. The molecule has 0 unspecified atom stereocenters. The molecule has 2 aromatic carbocycles. The zero-order valence-corrected chi connectivity index (χ0v) is 13.7. The summed E-state index contributed by atoms with van der Waals surface area (Å²) in [4.78, 5) is 27.5. The third kappa shape index (κ3) is 3.19. The Morgan fingerprint density at radius 2 is 1.81 bits per heavy atom. The molecule has 0 radical (unpaired) electrons. The van der Waals surface area contributed by atoms with Crippen LogP contribution in [0.5, 0.6) is 5.75 Å². The van der Waals surface area contributed by atoms with Crippen LogP contribution in [-0.2, 0) is 11.2 Å². The largest absolute Gasteiger partial charge is 0.505 e. The first-order valence-corrected chi connectivity index (χ1v) is 7.61. The van der Waals surface area contributed by atoms with Gasteiger partial charge < -0.3 is 14.9 Å². The number of pyridine rings is 1. The predicted octanol–water partition coefficient (Wildman–Crippen LogP) is 3.16. The van der Waals surface area contributed by atoms with Gasteiger partial charge in [-0.3, -0.25) is 4.98 Å². The Kier molecular flexibility index (Phi) is 4.53. The van der Waals surface area contributed by atoms with Crippen molar-refractivity contribution in [2.45, 2.75) is 6.42 Å². The first-order chi connectivity index (χ1) is 12.4. The number of methoxy groups -OCH3 is 1. The fourth-order valence-corrected chi connectivity index (χ4v) is 2.70. The summed E-state index contributed by atoms with van der Waals surface area (Å²) in [5.41, 5.74) is 1.05. The number of esters is 1. The van der Waals surface area contributed by atoms with Crippen LogP contribution in [0.15, 0.2) is 42.6 Å². The van der Waals surface area contributed by atoms with Gasteiger partial charge in [-0.25, -0.2) is 14.0 Å². The number of ether oxygens (including phenoxy) is 1. The van der Waals surface area contributed by atoms with E-state index in [0.29, 0.717) is 12.0 Å². The van der Waals surface area contributed by atoms with E-state index in [-0.39, 0.29) is 27.8 Å². The lowest BCUT2D eigenvalue weighted by molar-refractivity contribution is 0.0597. The van der Waals surface area contributed by atoms with Crippen molar-refractivity contribution in [3.8, 4) is 5.75 Å². The van der Waals surface area contributed by atoms with Gasteiger partial charge in [0.2, 0.25) is 0 Å². The Bertz CT molecular complexity index is 1010. The van der Waals surface area contributed by atoms with Gasteiger partial charge in [0, 0.05) is 11.6 Å². The number of aromatic nitrogens is 1. The molecule has 0 spiro atoms. The van der Waals surface area contributed by atoms with Crippen LogP contribution in [0.2, 0.25) is 0 Å². The number of carboxylic acid groups (broad SMARTS) is 1. The Morgan fingerprint density at radius 1 is 1.12 bits per heavy atom. The van der Waals surface area contributed by atoms with Gasteiger partial charge in [0.05, 0.1) is 12.7 Å². The Labute approximate surface area is 147 Å². The first-order valence-electron chi connectivity index (χ1n) is 7.61. The van der Waals surface area contributed by atoms with Crippen LogP contribution >= 0.6 is 0 Å². The molecule has 0 saturated carbocycles. The van der Waals surface area contributed by atoms with Crippen LogP contribution < -0.4 is 0 Å². The summed E-state index contributed by atoms with van der Waals surface area (Å²) in [5.74, 6) is -2.91. The minimum absolute atomic E-state index is 0.00634. The molecule has 0 aliphatic heterocycles. The van der Waals surface area contributed by atoms with Gasteiger partial charge in [-0.1, -0.05) is 12.1 Å². The van der Waals surface area contributed by atoms with E-state index < -0.39 is 17.7 Å². The fourth-order valence-electron chi connectivity index (χ4n) is 2.70. The minimum atomic E-state index is -1.26. The van der Waals surface area contributed by atoms with Crippen LogP contribution in [0.3, 0.4) is 0 Å². The highest BCUT2D eigenvalue weighted by atomic mass is 19.1. The molecule has 0 aliphatic rings. The Morgan fingerprint density at radius 3 is 2.42 bits per heavy atom. The van der Waals surface area contributed by atoms with Gasteiger partial charge in [0.25, 0.3) is 0 Å². The van der Waals surface area contributed by atoms with Gasteiger partial charge in [0.1, 0.15) is 16.9 Å². The van der Waals surface area contributed by atoms with E-state index >= 15 is 0 Å². The number of carbonyl (C=O) groups is 2. The van der Waals surface area contributed by atoms with Crippen molar-refractivity contribution in [3.05, 3.63) is 70.7 Å². The number of benzene rings is 2. The van der Waals surface area contributed by atoms with E-state index in [1.54, 1.807) is 18.2 Å². The molecule has 3 aromatic rings.